The first kappa shape index (κ1) is 11.4. The smallest absolute Gasteiger partial charge is 0.219 e. The first-order chi connectivity index (χ1) is 8.74. The Bertz CT molecular complexity index is 450. The molecule has 5 heteroatoms. The van der Waals surface area contributed by atoms with Crippen LogP contribution in [-0.2, 0) is 4.79 Å². The second-order valence-corrected chi connectivity index (χ2v) is 5.07. The predicted octanol–water partition coefficient (Wildman–Crippen LogP) is 1.02. The molecule has 5 nitrogen and oxygen atoms in total. The molecule has 0 N–H and O–H groups in total. The number of carbonyl (C=O) groups excluding carboxylic acids is 1. The number of nitrogens with zero attached hydrogens (tertiary/aromatic N) is 4. The molecule has 1 aliphatic carbocycles. The summed E-state index contributed by atoms with van der Waals surface area (Å²) < 4.78 is 0. The van der Waals surface area contributed by atoms with E-state index < -0.39 is 0 Å². The second-order valence-electron chi connectivity index (χ2n) is 5.07. The second kappa shape index (κ2) is 4.55. The number of aromatic nitrogens is 2. The van der Waals surface area contributed by atoms with Crippen LogP contribution >= 0.6 is 0 Å². The lowest BCUT2D eigenvalue weighted by Crippen LogP contribution is -2.48. The Morgan fingerprint density at radius 3 is 2.56 bits per heavy atom. The van der Waals surface area contributed by atoms with Crippen molar-refractivity contribution in [3.8, 4) is 0 Å². The summed E-state index contributed by atoms with van der Waals surface area (Å²) in [5.74, 6) is 1.83. The van der Waals surface area contributed by atoms with Crippen LogP contribution in [0.5, 0.6) is 0 Å². The fourth-order valence-electron chi connectivity index (χ4n) is 2.39. The minimum atomic E-state index is 0.163. The minimum absolute atomic E-state index is 0.163. The molecular formula is C13H18N4O. The molecule has 1 aromatic rings. The summed E-state index contributed by atoms with van der Waals surface area (Å²) in [7, 11) is 0. The molecule has 1 aliphatic heterocycles. The van der Waals surface area contributed by atoms with Gasteiger partial charge in [-0.15, -0.1) is 0 Å². The zero-order chi connectivity index (χ0) is 12.5. The summed E-state index contributed by atoms with van der Waals surface area (Å²) >= 11 is 0. The molecule has 0 radical (unpaired) electrons. The van der Waals surface area contributed by atoms with Crippen LogP contribution in [0, 0.1) is 0 Å². The fraction of sp³-hybridized carbons (Fsp3) is 0.615. The van der Waals surface area contributed by atoms with Gasteiger partial charge in [0, 0.05) is 50.8 Å². The number of amides is 1. The van der Waals surface area contributed by atoms with E-state index in [1.165, 1.54) is 18.5 Å². The van der Waals surface area contributed by atoms with Gasteiger partial charge in [-0.3, -0.25) is 4.79 Å². The molecule has 96 valence electrons. The lowest BCUT2D eigenvalue weighted by molar-refractivity contribution is -0.129. The average Bonchev–Trinajstić information content (AvgIpc) is 3.23. The van der Waals surface area contributed by atoms with E-state index in [2.05, 4.69) is 20.9 Å². The van der Waals surface area contributed by atoms with Crippen molar-refractivity contribution in [2.45, 2.75) is 25.7 Å². The van der Waals surface area contributed by atoms with E-state index >= 15 is 0 Å². The molecule has 2 heterocycles. The fourth-order valence-corrected chi connectivity index (χ4v) is 2.39. The van der Waals surface area contributed by atoms with Crippen LogP contribution < -0.4 is 4.90 Å². The van der Waals surface area contributed by atoms with E-state index in [1.807, 2.05) is 4.90 Å². The van der Waals surface area contributed by atoms with E-state index in [-0.39, 0.29) is 5.91 Å². The molecule has 1 aromatic heterocycles. The van der Waals surface area contributed by atoms with Gasteiger partial charge in [0.05, 0.1) is 0 Å². The van der Waals surface area contributed by atoms with E-state index in [0.29, 0.717) is 5.92 Å². The number of rotatable bonds is 2. The molecule has 0 unspecified atom stereocenters. The number of piperazine rings is 1. The molecule has 0 atom stereocenters. The molecule has 3 rings (SSSR count). The summed E-state index contributed by atoms with van der Waals surface area (Å²) in [6.45, 7) is 4.93. The van der Waals surface area contributed by atoms with Gasteiger partial charge in [0.15, 0.2) is 0 Å². The quantitative estimate of drug-likeness (QED) is 0.782. The van der Waals surface area contributed by atoms with Crippen LogP contribution in [0.4, 0.5) is 5.82 Å². The van der Waals surface area contributed by atoms with Gasteiger partial charge < -0.3 is 9.80 Å². The van der Waals surface area contributed by atoms with Gasteiger partial charge in [-0.2, -0.15) is 0 Å². The molecule has 0 bridgehead atoms. The molecule has 0 aromatic carbocycles. The Kier molecular flexibility index (Phi) is 2.89. The van der Waals surface area contributed by atoms with Crippen LogP contribution in [-0.4, -0.2) is 47.0 Å². The van der Waals surface area contributed by atoms with Crippen molar-refractivity contribution in [2.24, 2.45) is 0 Å². The van der Waals surface area contributed by atoms with E-state index in [1.54, 1.807) is 13.3 Å². The van der Waals surface area contributed by atoms with E-state index in [9.17, 15) is 4.79 Å². The highest BCUT2D eigenvalue weighted by molar-refractivity contribution is 5.73. The Morgan fingerprint density at radius 2 is 1.94 bits per heavy atom. The predicted molar refractivity (Wildman–Crippen MR) is 68.5 cm³/mol. The molecule has 1 saturated heterocycles. The Balaban J connectivity index is 1.68. The maximum atomic E-state index is 11.3. The Hall–Kier alpha value is -1.65. The molecule has 0 spiro atoms. The molecule has 2 fully saturated rings. The van der Waals surface area contributed by atoms with Gasteiger partial charge in [-0.05, 0) is 12.8 Å². The lowest BCUT2D eigenvalue weighted by Gasteiger charge is -2.34. The van der Waals surface area contributed by atoms with Gasteiger partial charge >= 0.3 is 0 Å². The van der Waals surface area contributed by atoms with Crippen molar-refractivity contribution < 1.29 is 4.79 Å². The van der Waals surface area contributed by atoms with Crippen LogP contribution in [0.3, 0.4) is 0 Å². The van der Waals surface area contributed by atoms with Crippen molar-refractivity contribution in [3.63, 3.8) is 0 Å². The monoisotopic (exact) mass is 246 g/mol. The molecule has 2 aliphatic rings. The van der Waals surface area contributed by atoms with Crippen molar-refractivity contribution >= 4 is 11.7 Å². The van der Waals surface area contributed by atoms with Crippen molar-refractivity contribution in [1.82, 2.24) is 14.9 Å². The third-order valence-electron chi connectivity index (χ3n) is 3.72. The first-order valence-electron chi connectivity index (χ1n) is 6.56. The summed E-state index contributed by atoms with van der Waals surface area (Å²) in [6, 6.07) is 2.11. The Labute approximate surface area is 107 Å². The summed E-state index contributed by atoms with van der Waals surface area (Å²) in [4.78, 5) is 24.1. The largest absolute Gasteiger partial charge is 0.353 e. The van der Waals surface area contributed by atoms with Crippen molar-refractivity contribution in [3.05, 3.63) is 18.1 Å². The highest BCUT2D eigenvalue weighted by Gasteiger charge is 2.26. The topological polar surface area (TPSA) is 49.3 Å². The number of hydrogen-bond acceptors (Lipinski definition) is 4. The van der Waals surface area contributed by atoms with Gasteiger partial charge in [-0.1, -0.05) is 0 Å². The van der Waals surface area contributed by atoms with Crippen molar-refractivity contribution in [2.75, 3.05) is 31.1 Å². The summed E-state index contributed by atoms with van der Waals surface area (Å²) in [5.41, 5.74) is 1.17. The molecule has 18 heavy (non-hydrogen) atoms. The number of hydrogen-bond donors (Lipinski definition) is 0. The third kappa shape index (κ3) is 2.30. The van der Waals surface area contributed by atoms with Gasteiger partial charge in [-0.25, -0.2) is 9.97 Å². The molecule has 1 saturated carbocycles. The number of anilines is 1. The normalized spacial score (nSPS) is 20.1. The lowest BCUT2D eigenvalue weighted by atomic mass is 10.2. The highest BCUT2D eigenvalue weighted by Crippen LogP contribution is 2.39. The van der Waals surface area contributed by atoms with Crippen LogP contribution in [0.2, 0.25) is 0 Å². The van der Waals surface area contributed by atoms with Gasteiger partial charge in [0.1, 0.15) is 12.1 Å². The van der Waals surface area contributed by atoms with Crippen LogP contribution in [0.15, 0.2) is 12.4 Å². The van der Waals surface area contributed by atoms with Gasteiger partial charge in [0.25, 0.3) is 0 Å². The highest BCUT2D eigenvalue weighted by atomic mass is 16.2. The summed E-state index contributed by atoms with van der Waals surface area (Å²) in [6.07, 6.45) is 4.18. The zero-order valence-corrected chi connectivity index (χ0v) is 10.7. The third-order valence-corrected chi connectivity index (χ3v) is 3.72. The van der Waals surface area contributed by atoms with Crippen LogP contribution in [0.1, 0.15) is 31.4 Å². The molecular weight excluding hydrogens is 228 g/mol. The SMILES string of the molecule is CC(=O)N1CCN(c2cc(C3CC3)ncn2)CC1. The maximum absolute atomic E-state index is 11.3. The van der Waals surface area contributed by atoms with E-state index in [4.69, 9.17) is 0 Å². The van der Waals surface area contributed by atoms with E-state index in [0.717, 1.165) is 32.0 Å². The maximum Gasteiger partial charge on any atom is 0.219 e. The first-order valence-corrected chi connectivity index (χ1v) is 6.56. The number of carbonyl (C=O) groups is 1. The molecule has 1 amide bonds. The average molecular weight is 246 g/mol. The van der Waals surface area contributed by atoms with Crippen LogP contribution in [0.25, 0.3) is 0 Å². The van der Waals surface area contributed by atoms with Crippen molar-refractivity contribution in [1.29, 1.82) is 0 Å². The minimum Gasteiger partial charge on any atom is -0.353 e. The standard InChI is InChI=1S/C13H18N4O/c1-10(18)16-4-6-17(7-5-16)13-8-12(11-2-3-11)14-9-15-13/h8-9,11H,2-7H2,1H3. The zero-order valence-electron chi connectivity index (χ0n) is 10.7. The summed E-state index contributed by atoms with van der Waals surface area (Å²) in [5, 5.41) is 0. The Morgan fingerprint density at radius 1 is 1.22 bits per heavy atom. The van der Waals surface area contributed by atoms with Gasteiger partial charge in [0.2, 0.25) is 5.91 Å².